The van der Waals surface area contributed by atoms with Gasteiger partial charge in [0.2, 0.25) is 0 Å². The maximum Gasteiger partial charge on any atom is 0.315 e. The minimum Gasteiger partial charge on any atom is -0.386 e. The number of carbonyl (C=O) groups excluding carboxylic acids is 1. The first-order valence-electron chi connectivity index (χ1n) is 6.15. The fourth-order valence-electron chi connectivity index (χ4n) is 1.53. The molecule has 0 atom stereocenters. The van der Waals surface area contributed by atoms with Gasteiger partial charge in [0.15, 0.2) is 0 Å². The van der Waals surface area contributed by atoms with E-state index in [1.165, 1.54) is 0 Å². The monoisotopic (exact) mass is 250 g/mol. The van der Waals surface area contributed by atoms with Crippen molar-refractivity contribution in [2.45, 2.75) is 45.9 Å². The summed E-state index contributed by atoms with van der Waals surface area (Å²) in [5.74, 6) is 0. The highest BCUT2D eigenvalue weighted by molar-refractivity contribution is 5.74. The van der Waals surface area contributed by atoms with Crippen molar-refractivity contribution in [3.63, 3.8) is 0 Å². The highest BCUT2D eigenvalue weighted by Crippen LogP contribution is 2.19. The topological polar surface area (TPSA) is 61.4 Å². The van der Waals surface area contributed by atoms with Gasteiger partial charge in [-0.25, -0.2) is 4.79 Å². The number of hydrogen-bond donors (Lipinski definition) is 3. The van der Waals surface area contributed by atoms with Crippen LogP contribution in [0.5, 0.6) is 0 Å². The van der Waals surface area contributed by atoms with Crippen LogP contribution in [0.25, 0.3) is 0 Å². The third-order valence-corrected chi connectivity index (χ3v) is 2.53. The minimum atomic E-state index is -0.832. The third kappa shape index (κ3) is 4.75. The first-order chi connectivity index (χ1) is 8.29. The van der Waals surface area contributed by atoms with Gasteiger partial charge in [0.1, 0.15) is 0 Å². The lowest BCUT2D eigenvalue weighted by Crippen LogP contribution is -2.39. The van der Waals surface area contributed by atoms with Crippen LogP contribution < -0.4 is 10.6 Å². The molecule has 0 spiro atoms. The molecule has 0 aliphatic heterocycles. The zero-order chi connectivity index (χ0) is 13.8. The molecule has 1 rings (SSSR count). The summed E-state index contributed by atoms with van der Waals surface area (Å²) in [7, 11) is 0. The van der Waals surface area contributed by atoms with Gasteiger partial charge in [-0.05, 0) is 38.8 Å². The highest BCUT2D eigenvalue weighted by atomic mass is 16.3. The summed E-state index contributed by atoms with van der Waals surface area (Å²) in [4.78, 5) is 11.4. The lowest BCUT2D eigenvalue weighted by molar-refractivity contribution is 0.0786. The SMILES string of the molecule is CC(C)NC(=O)NCc1ccc(C(C)(C)O)cc1. The van der Waals surface area contributed by atoms with Crippen molar-refractivity contribution in [3.05, 3.63) is 35.4 Å². The Hall–Kier alpha value is -1.55. The molecule has 4 heteroatoms. The zero-order valence-electron chi connectivity index (χ0n) is 11.4. The predicted molar refractivity (Wildman–Crippen MR) is 72.2 cm³/mol. The van der Waals surface area contributed by atoms with Crippen molar-refractivity contribution in [2.75, 3.05) is 0 Å². The molecule has 1 aromatic rings. The Bertz CT molecular complexity index is 391. The molecular formula is C14H22N2O2. The molecule has 0 heterocycles. The van der Waals surface area contributed by atoms with E-state index in [9.17, 15) is 9.90 Å². The summed E-state index contributed by atoms with van der Waals surface area (Å²) < 4.78 is 0. The zero-order valence-corrected chi connectivity index (χ0v) is 11.4. The van der Waals surface area contributed by atoms with E-state index in [2.05, 4.69) is 10.6 Å². The second kappa shape index (κ2) is 5.87. The molecule has 1 aromatic carbocycles. The number of rotatable bonds is 4. The number of benzene rings is 1. The summed E-state index contributed by atoms with van der Waals surface area (Å²) in [6.07, 6.45) is 0. The largest absolute Gasteiger partial charge is 0.386 e. The van der Waals surface area contributed by atoms with E-state index in [0.717, 1.165) is 11.1 Å². The quantitative estimate of drug-likeness (QED) is 0.766. The van der Waals surface area contributed by atoms with Gasteiger partial charge in [-0.3, -0.25) is 0 Å². The van der Waals surface area contributed by atoms with E-state index in [1.54, 1.807) is 13.8 Å². The van der Waals surface area contributed by atoms with E-state index < -0.39 is 5.60 Å². The number of nitrogens with one attached hydrogen (secondary N) is 2. The van der Waals surface area contributed by atoms with Crippen molar-refractivity contribution in [1.82, 2.24) is 10.6 Å². The normalized spacial score (nSPS) is 11.4. The van der Waals surface area contributed by atoms with E-state index in [0.29, 0.717) is 6.54 Å². The average molecular weight is 250 g/mol. The Morgan fingerprint density at radius 1 is 1.28 bits per heavy atom. The molecule has 0 aliphatic rings. The van der Waals surface area contributed by atoms with Gasteiger partial charge in [0.25, 0.3) is 0 Å². The number of urea groups is 1. The fraction of sp³-hybridized carbons (Fsp3) is 0.500. The lowest BCUT2D eigenvalue weighted by atomic mass is 9.97. The Morgan fingerprint density at radius 3 is 2.28 bits per heavy atom. The molecule has 18 heavy (non-hydrogen) atoms. The van der Waals surface area contributed by atoms with Gasteiger partial charge in [0, 0.05) is 12.6 Å². The smallest absolute Gasteiger partial charge is 0.315 e. The van der Waals surface area contributed by atoms with E-state index >= 15 is 0 Å². The van der Waals surface area contributed by atoms with Crippen LogP contribution in [0.3, 0.4) is 0 Å². The van der Waals surface area contributed by atoms with Crippen molar-refractivity contribution in [2.24, 2.45) is 0 Å². The van der Waals surface area contributed by atoms with Gasteiger partial charge < -0.3 is 15.7 Å². The number of hydrogen-bond acceptors (Lipinski definition) is 2. The first-order valence-corrected chi connectivity index (χ1v) is 6.15. The van der Waals surface area contributed by atoms with Crippen LogP contribution >= 0.6 is 0 Å². The van der Waals surface area contributed by atoms with Gasteiger partial charge in [0.05, 0.1) is 5.60 Å². The Balaban J connectivity index is 2.52. The van der Waals surface area contributed by atoms with E-state index in [4.69, 9.17) is 0 Å². The fourth-order valence-corrected chi connectivity index (χ4v) is 1.53. The second-order valence-corrected chi connectivity index (χ2v) is 5.24. The Morgan fingerprint density at radius 2 is 1.83 bits per heavy atom. The van der Waals surface area contributed by atoms with E-state index in [-0.39, 0.29) is 12.1 Å². The molecule has 0 bridgehead atoms. The maximum atomic E-state index is 11.4. The maximum absolute atomic E-state index is 11.4. The summed E-state index contributed by atoms with van der Waals surface area (Å²) in [5, 5.41) is 15.4. The third-order valence-electron chi connectivity index (χ3n) is 2.53. The number of carbonyl (C=O) groups is 1. The minimum absolute atomic E-state index is 0.127. The molecule has 100 valence electrons. The van der Waals surface area contributed by atoms with Crippen LogP contribution in [0.1, 0.15) is 38.8 Å². The molecule has 4 nitrogen and oxygen atoms in total. The van der Waals surface area contributed by atoms with E-state index in [1.807, 2.05) is 38.1 Å². The Labute approximate surface area is 108 Å². The van der Waals surface area contributed by atoms with Crippen LogP contribution in [0.15, 0.2) is 24.3 Å². The first kappa shape index (κ1) is 14.5. The number of aliphatic hydroxyl groups is 1. The van der Waals surface area contributed by atoms with Crippen molar-refractivity contribution >= 4 is 6.03 Å². The molecule has 0 fully saturated rings. The second-order valence-electron chi connectivity index (χ2n) is 5.24. The Kier molecular flexibility index (Phi) is 4.73. The predicted octanol–water partition coefficient (Wildman–Crippen LogP) is 2.12. The van der Waals surface area contributed by atoms with Gasteiger partial charge >= 0.3 is 6.03 Å². The molecule has 0 aliphatic carbocycles. The van der Waals surface area contributed by atoms with Gasteiger partial charge in [-0.2, -0.15) is 0 Å². The van der Waals surface area contributed by atoms with Crippen molar-refractivity contribution in [1.29, 1.82) is 0 Å². The molecule has 2 amide bonds. The van der Waals surface area contributed by atoms with Gasteiger partial charge in [-0.1, -0.05) is 24.3 Å². The van der Waals surface area contributed by atoms with Gasteiger partial charge in [-0.15, -0.1) is 0 Å². The number of amides is 2. The standard InChI is InChI=1S/C14H22N2O2/c1-10(2)16-13(17)15-9-11-5-7-12(8-6-11)14(3,4)18/h5-8,10,18H,9H2,1-4H3,(H2,15,16,17). The van der Waals surface area contributed by atoms with Crippen molar-refractivity contribution < 1.29 is 9.90 Å². The summed E-state index contributed by atoms with van der Waals surface area (Å²) in [6.45, 7) is 7.80. The molecule has 0 saturated heterocycles. The summed E-state index contributed by atoms with van der Waals surface area (Å²) in [5.41, 5.74) is 1.03. The lowest BCUT2D eigenvalue weighted by Gasteiger charge is -2.18. The van der Waals surface area contributed by atoms with Crippen LogP contribution in [0.4, 0.5) is 4.79 Å². The van der Waals surface area contributed by atoms with Crippen LogP contribution in [0.2, 0.25) is 0 Å². The van der Waals surface area contributed by atoms with Crippen LogP contribution in [-0.2, 0) is 12.1 Å². The van der Waals surface area contributed by atoms with Crippen LogP contribution in [0, 0.1) is 0 Å². The molecule has 0 saturated carbocycles. The summed E-state index contributed by atoms with van der Waals surface area (Å²) >= 11 is 0. The molecule has 0 radical (unpaired) electrons. The molecule has 3 N–H and O–H groups in total. The average Bonchev–Trinajstić information content (AvgIpc) is 2.25. The molecule has 0 aromatic heterocycles. The molecule has 0 unspecified atom stereocenters. The summed E-state index contributed by atoms with van der Waals surface area (Å²) in [6, 6.07) is 7.51. The van der Waals surface area contributed by atoms with Crippen molar-refractivity contribution in [3.8, 4) is 0 Å². The molecular weight excluding hydrogens is 228 g/mol. The van der Waals surface area contributed by atoms with Crippen LogP contribution in [-0.4, -0.2) is 17.2 Å². The highest BCUT2D eigenvalue weighted by Gasteiger charge is 2.15.